The second-order valence-corrected chi connectivity index (χ2v) is 6.96. The van der Waals surface area contributed by atoms with Gasteiger partial charge in [0.25, 0.3) is 5.91 Å². The van der Waals surface area contributed by atoms with Crippen LogP contribution in [-0.4, -0.2) is 69.7 Å². The summed E-state index contributed by atoms with van der Waals surface area (Å²) >= 11 is 0. The molecule has 1 fully saturated rings. The molecule has 1 amide bonds. The summed E-state index contributed by atoms with van der Waals surface area (Å²) in [5, 5.41) is 0. The molecule has 0 spiro atoms. The predicted molar refractivity (Wildman–Crippen MR) is 81.5 cm³/mol. The third kappa shape index (κ3) is 4.11. The Bertz CT molecular complexity index is 624. The first-order valence-electron chi connectivity index (χ1n) is 6.90. The number of ether oxygens (including phenoxy) is 2. The fourth-order valence-corrected chi connectivity index (χ4v) is 3.06. The van der Waals surface area contributed by atoms with Crippen LogP contribution in [0.15, 0.2) is 24.3 Å². The SMILES string of the molecule is COc1ccccc1OCC(=O)N1CCN(S(C)(=O)=O)CC1. The van der Waals surface area contributed by atoms with Gasteiger partial charge in [-0.1, -0.05) is 12.1 Å². The highest BCUT2D eigenvalue weighted by atomic mass is 32.2. The first-order chi connectivity index (χ1) is 10.4. The minimum atomic E-state index is -3.19. The number of nitrogens with zero attached hydrogens (tertiary/aromatic N) is 2. The topological polar surface area (TPSA) is 76.2 Å². The average Bonchev–Trinajstić information content (AvgIpc) is 2.52. The van der Waals surface area contributed by atoms with Crippen LogP contribution in [0.2, 0.25) is 0 Å². The molecule has 1 saturated heterocycles. The second-order valence-electron chi connectivity index (χ2n) is 4.98. The summed E-state index contributed by atoms with van der Waals surface area (Å²) in [6, 6.07) is 7.10. The normalized spacial score (nSPS) is 16.4. The van der Waals surface area contributed by atoms with Gasteiger partial charge >= 0.3 is 0 Å². The van der Waals surface area contributed by atoms with Gasteiger partial charge in [0.2, 0.25) is 10.0 Å². The minimum Gasteiger partial charge on any atom is -0.493 e. The van der Waals surface area contributed by atoms with Gasteiger partial charge < -0.3 is 14.4 Å². The molecule has 1 aromatic rings. The predicted octanol–water partition coefficient (Wildman–Crippen LogP) is 0.178. The molecule has 0 aromatic heterocycles. The number of piperazine rings is 1. The van der Waals surface area contributed by atoms with Crippen molar-refractivity contribution >= 4 is 15.9 Å². The van der Waals surface area contributed by atoms with Gasteiger partial charge in [-0.2, -0.15) is 4.31 Å². The van der Waals surface area contributed by atoms with Crippen molar-refractivity contribution in [3.05, 3.63) is 24.3 Å². The molecule has 0 unspecified atom stereocenters. The van der Waals surface area contributed by atoms with E-state index in [1.165, 1.54) is 17.7 Å². The van der Waals surface area contributed by atoms with E-state index in [4.69, 9.17) is 9.47 Å². The van der Waals surface area contributed by atoms with Crippen LogP contribution < -0.4 is 9.47 Å². The molecule has 1 aliphatic rings. The molecule has 1 aromatic carbocycles. The Morgan fingerprint density at radius 3 is 2.27 bits per heavy atom. The first kappa shape index (κ1) is 16.6. The van der Waals surface area contributed by atoms with Crippen LogP contribution >= 0.6 is 0 Å². The molecule has 8 heteroatoms. The van der Waals surface area contributed by atoms with Crippen molar-refractivity contribution in [2.24, 2.45) is 0 Å². The summed E-state index contributed by atoms with van der Waals surface area (Å²) in [5.74, 6) is 0.907. The highest BCUT2D eigenvalue weighted by Gasteiger charge is 2.26. The summed E-state index contributed by atoms with van der Waals surface area (Å²) in [5.41, 5.74) is 0. The number of methoxy groups -OCH3 is 1. The monoisotopic (exact) mass is 328 g/mol. The van der Waals surface area contributed by atoms with E-state index in [9.17, 15) is 13.2 Å². The van der Waals surface area contributed by atoms with Gasteiger partial charge in [-0.25, -0.2) is 8.42 Å². The number of carbonyl (C=O) groups is 1. The van der Waals surface area contributed by atoms with Gasteiger partial charge in [-0.3, -0.25) is 4.79 Å². The van der Waals surface area contributed by atoms with E-state index in [0.29, 0.717) is 37.7 Å². The lowest BCUT2D eigenvalue weighted by atomic mass is 10.3. The van der Waals surface area contributed by atoms with Crippen molar-refractivity contribution < 1.29 is 22.7 Å². The van der Waals surface area contributed by atoms with Gasteiger partial charge in [-0.15, -0.1) is 0 Å². The lowest BCUT2D eigenvalue weighted by Gasteiger charge is -2.33. The molecule has 7 nitrogen and oxygen atoms in total. The Balaban J connectivity index is 1.86. The summed E-state index contributed by atoms with van der Waals surface area (Å²) in [7, 11) is -1.66. The van der Waals surface area contributed by atoms with E-state index >= 15 is 0 Å². The smallest absolute Gasteiger partial charge is 0.260 e. The molecular formula is C14H20N2O5S. The summed E-state index contributed by atoms with van der Waals surface area (Å²) < 4.78 is 34.9. The van der Waals surface area contributed by atoms with Crippen molar-refractivity contribution in [3.8, 4) is 11.5 Å². The maximum Gasteiger partial charge on any atom is 0.260 e. The lowest BCUT2D eigenvalue weighted by molar-refractivity contribution is -0.134. The Morgan fingerprint density at radius 1 is 1.14 bits per heavy atom. The largest absolute Gasteiger partial charge is 0.493 e. The van der Waals surface area contributed by atoms with E-state index in [1.54, 1.807) is 23.1 Å². The van der Waals surface area contributed by atoms with E-state index in [1.807, 2.05) is 6.07 Å². The molecule has 0 bridgehead atoms. The van der Waals surface area contributed by atoms with Crippen LogP contribution in [0, 0.1) is 0 Å². The quantitative estimate of drug-likeness (QED) is 0.770. The van der Waals surface area contributed by atoms with E-state index in [-0.39, 0.29) is 12.5 Å². The van der Waals surface area contributed by atoms with Crippen molar-refractivity contribution in [1.82, 2.24) is 9.21 Å². The molecule has 0 aliphatic carbocycles. The number of carbonyl (C=O) groups excluding carboxylic acids is 1. The van der Waals surface area contributed by atoms with Crippen LogP contribution in [0.4, 0.5) is 0 Å². The molecule has 22 heavy (non-hydrogen) atoms. The fourth-order valence-electron chi connectivity index (χ4n) is 2.24. The third-order valence-corrected chi connectivity index (χ3v) is 4.78. The Labute approximate surface area is 130 Å². The second kappa shape index (κ2) is 6.97. The number of rotatable bonds is 5. The van der Waals surface area contributed by atoms with Gasteiger partial charge in [0.1, 0.15) is 0 Å². The lowest BCUT2D eigenvalue weighted by Crippen LogP contribution is -2.51. The van der Waals surface area contributed by atoms with Crippen LogP contribution in [0.3, 0.4) is 0 Å². The first-order valence-corrected chi connectivity index (χ1v) is 8.75. The van der Waals surface area contributed by atoms with Gasteiger partial charge in [0, 0.05) is 26.2 Å². The van der Waals surface area contributed by atoms with E-state index < -0.39 is 10.0 Å². The highest BCUT2D eigenvalue weighted by Crippen LogP contribution is 2.25. The summed E-state index contributed by atoms with van der Waals surface area (Å²) in [6.45, 7) is 1.29. The van der Waals surface area contributed by atoms with Gasteiger partial charge in [0.05, 0.1) is 13.4 Å². The van der Waals surface area contributed by atoms with Gasteiger partial charge in [0.15, 0.2) is 18.1 Å². The van der Waals surface area contributed by atoms with Crippen molar-refractivity contribution in [1.29, 1.82) is 0 Å². The minimum absolute atomic E-state index is 0.0980. The van der Waals surface area contributed by atoms with Crippen molar-refractivity contribution in [3.63, 3.8) is 0 Å². The summed E-state index contributed by atoms with van der Waals surface area (Å²) in [4.78, 5) is 13.7. The van der Waals surface area contributed by atoms with Crippen molar-refractivity contribution in [2.75, 3.05) is 46.2 Å². The molecule has 0 N–H and O–H groups in total. The number of benzene rings is 1. The zero-order valence-corrected chi connectivity index (χ0v) is 13.5. The Morgan fingerprint density at radius 2 is 1.73 bits per heavy atom. The third-order valence-electron chi connectivity index (χ3n) is 3.48. The van der Waals surface area contributed by atoms with Gasteiger partial charge in [-0.05, 0) is 12.1 Å². The number of para-hydroxylation sites is 2. The van der Waals surface area contributed by atoms with Crippen LogP contribution in [-0.2, 0) is 14.8 Å². The molecule has 1 heterocycles. The van der Waals surface area contributed by atoms with Crippen LogP contribution in [0.1, 0.15) is 0 Å². The standard InChI is InChI=1S/C14H20N2O5S/c1-20-12-5-3-4-6-13(12)21-11-14(17)15-7-9-16(10-8-15)22(2,18)19/h3-6H,7-11H2,1-2H3. The maximum absolute atomic E-state index is 12.1. The number of amides is 1. The van der Waals surface area contributed by atoms with E-state index in [0.717, 1.165) is 0 Å². The molecule has 2 rings (SSSR count). The van der Waals surface area contributed by atoms with Crippen molar-refractivity contribution in [2.45, 2.75) is 0 Å². The average molecular weight is 328 g/mol. The molecule has 0 radical (unpaired) electrons. The molecule has 0 saturated carbocycles. The fraction of sp³-hybridized carbons (Fsp3) is 0.500. The highest BCUT2D eigenvalue weighted by molar-refractivity contribution is 7.88. The number of hydrogen-bond acceptors (Lipinski definition) is 5. The molecular weight excluding hydrogens is 308 g/mol. The van der Waals surface area contributed by atoms with Crippen LogP contribution in [0.5, 0.6) is 11.5 Å². The maximum atomic E-state index is 12.1. The zero-order valence-electron chi connectivity index (χ0n) is 12.7. The molecule has 0 atom stereocenters. The number of hydrogen-bond donors (Lipinski definition) is 0. The zero-order chi connectivity index (χ0) is 16.2. The Hall–Kier alpha value is -1.80. The molecule has 122 valence electrons. The Kier molecular flexibility index (Phi) is 5.25. The molecule has 1 aliphatic heterocycles. The summed E-state index contributed by atoms with van der Waals surface area (Å²) in [6.07, 6.45) is 1.18. The van der Waals surface area contributed by atoms with E-state index in [2.05, 4.69) is 0 Å². The number of sulfonamides is 1. The van der Waals surface area contributed by atoms with Crippen LogP contribution in [0.25, 0.3) is 0 Å².